The second kappa shape index (κ2) is 10.1. The van der Waals surface area contributed by atoms with E-state index in [4.69, 9.17) is 9.40 Å². The zero-order chi connectivity index (χ0) is 28.1. The van der Waals surface area contributed by atoms with Crippen LogP contribution in [0, 0.1) is 0 Å². The molecule has 1 aliphatic rings. The average Bonchev–Trinajstić information content (AvgIpc) is 3.72. The van der Waals surface area contributed by atoms with E-state index in [9.17, 15) is 26.7 Å². The lowest BCUT2D eigenvalue weighted by Crippen LogP contribution is -2.24. The highest BCUT2D eigenvalue weighted by Crippen LogP contribution is 2.37. The molecule has 0 amide bonds. The Morgan fingerprint density at radius 3 is 2.62 bits per heavy atom. The molecule has 40 heavy (non-hydrogen) atoms. The Bertz CT molecular complexity index is 1780. The van der Waals surface area contributed by atoms with Crippen LogP contribution >= 0.6 is 0 Å². The molecule has 0 spiro atoms. The molecule has 5 heterocycles. The van der Waals surface area contributed by atoms with E-state index >= 15 is 0 Å². The summed E-state index contributed by atoms with van der Waals surface area (Å²) in [5, 5.41) is 10.1. The number of nitrogens with zero attached hydrogens (tertiary/aromatic N) is 5. The first-order valence-corrected chi connectivity index (χ1v) is 14.3. The van der Waals surface area contributed by atoms with Gasteiger partial charge in [0.1, 0.15) is 17.9 Å². The minimum Gasteiger partial charge on any atom is -0.455 e. The Balaban J connectivity index is 1.46. The van der Waals surface area contributed by atoms with E-state index in [1.807, 2.05) is 9.47 Å². The van der Waals surface area contributed by atoms with Crippen LogP contribution in [0.4, 0.5) is 13.2 Å². The van der Waals surface area contributed by atoms with E-state index in [1.165, 1.54) is 24.5 Å². The topological polar surface area (TPSA) is 106 Å². The van der Waals surface area contributed by atoms with Gasteiger partial charge in [-0.2, -0.15) is 13.2 Å². The largest absolute Gasteiger partial charge is 0.455 e. The fourth-order valence-electron chi connectivity index (χ4n) is 5.39. The summed E-state index contributed by atoms with van der Waals surface area (Å²) in [6, 6.07) is 12.9. The van der Waals surface area contributed by atoms with Crippen molar-refractivity contribution in [3.8, 4) is 11.6 Å². The normalized spacial score (nSPS) is 16.9. The minimum atomic E-state index is -4.19. The van der Waals surface area contributed by atoms with Crippen molar-refractivity contribution in [3.63, 3.8) is 0 Å². The highest BCUT2D eigenvalue weighted by molar-refractivity contribution is 7.90. The van der Waals surface area contributed by atoms with E-state index in [0.717, 1.165) is 3.97 Å². The number of benzene rings is 1. The molecule has 1 aliphatic heterocycles. The molecule has 0 saturated carbocycles. The lowest BCUT2D eigenvalue weighted by atomic mass is 10.2. The zero-order valence-electron chi connectivity index (χ0n) is 21.3. The predicted molar refractivity (Wildman–Crippen MR) is 141 cm³/mol. The van der Waals surface area contributed by atoms with Gasteiger partial charge in [0.15, 0.2) is 17.2 Å². The molecule has 0 bridgehead atoms. The van der Waals surface area contributed by atoms with Gasteiger partial charge in [-0.25, -0.2) is 22.4 Å². The molecule has 6 rings (SSSR count). The first-order valence-electron chi connectivity index (χ1n) is 12.8. The Morgan fingerprint density at radius 2 is 1.90 bits per heavy atom. The van der Waals surface area contributed by atoms with Gasteiger partial charge in [-0.05, 0) is 49.7 Å². The van der Waals surface area contributed by atoms with Crippen molar-refractivity contribution in [1.82, 2.24) is 23.4 Å². The summed E-state index contributed by atoms with van der Waals surface area (Å²) in [5.74, 6) is 1.25. The number of aliphatic hydroxyl groups excluding tert-OH is 1. The summed E-state index contributed by atoms with van der Waals surface area (Å²) < 4.78 is 73.9. The summed E-state index contributed by atoms with van der Waals surface area (Å²) in [6.07, 6.45) is -1.38. The molecule has 0 radical (unpaired) electrons. The lowest BCUT2D eigenvalue weighted by Gasteiger charge is -2.19. The first-order chi connectivity index (χ1) is 19.2. The minimum absolute atomic E-state index is 0.0140. The van der Waals surface area contributed by atoms with Gasteiger partial charge in [0.2, 0.25) is 0 Å². The molecule has 210 valence electrons. The number of hydrogen-bond acceptors (Lipinski definition) is 7. The maximum atomic E-state index is 13.4. The van der Waals surface area contributed by atoms with Gasteiger partial charge in [-0.1, -0.05) is 18.2 Å². The fraction of sp³-hybridized carbons (Fsp3) is 0.333. The maximum absolute atomic E-state index is 13.4. The lowest BCUT2D eigenvalue weighted by molar-refractivity contribution is -0.136. The number of aliphatic hydroxyl groups is 1. The molecule has 0 unspecified atom stereocenters. The number of rotatable bonds is 8. The van der Waals surface area contributed by atoms with Crippen LogP contribution in [0.2, 0.25) is 0 Å². The Morgan fingerprint density at radius 1 is 1.10 bits per heavy atom. The second-order valence-corrected chi connectivity index (χ2v) is 11.7. The van der Waals surface area contributed by atoms with E-state index < -0.39 is 22.6 Å². The van der Waals surface area contributed by atoms with Crippen LogP contribution in [0.3, 0.4) is 0 Å². The maximum Gasteiger partial charge on any atom is 0.389 e. The Kier molecular flexibility index (Phi) is 6.67. The van der Waals surface area contributed by atoms with Crippen LogP contribution < -0.4 is 0 Å². The van der Waals surface area contributed by atoms with Crippen LogP contribution in [0.25, 0.3) is 33.7 Å². The van der Waals surface area contributed by atoms with Crippen LogP contribution in [0.15, 0.2) is 70.2 Å². The molecule has 1 atom stereocenters. The number of aromatic nitrogens is 4. The van der Waals surface area contributed by atoms with Crippen LogP contribution in [-0.4, -0.2) is 62.7 Å². The molecule has 1 saturated heterocycles. The predicted octanol–water partition coefficient (Wildman–Crippen LogP) is 4.96. The van der Waals surface area contributed by atoms with E-state index in [-0.39, 0.29) is 29.6 Å². The highest BCUT2D eigenvalue weighted by atomic mass is 32.2. The third-order valence-corrected chi connectivity index (χ3v) is 8.89. The van der Waals surface area contributed by atoms with Crippen molar-refractivity contribution in [2.45, 2.75) is 43.0 Å². The van der Waals surface area contributed by atoms with Gasteiger partial charge >= 0.3 is 6.18 Å². The second-order valence-electron chi connectivity index (χ2n) is 9.85. The van der Waals surface area contributed by atoms with Crippen molar-refractivity contribution in [1.29, 1.82) is 0 Å². The quantitative estimate of drug-likeness (QED) is 0.280. The van der Waals surface area contributed by atoms with Crippen LogP contribution in [0.5, 0.6) is 0 Å². The Hall–Kier alpha value is -3.68. The van der Waals surface area contributed by atoms with Crippen molar-refractivity contribution in [2.24, 2.45) is 0 Å². The van der Waals surface area contributed by atoms with E-state index in [1.54, 1.807) is 36.4 Å². The standard InChI is InChI=1S/C27H26F3N5O4S/c28-27(29,30)11-4-12-33-13-9-18(16-33)35-24-21-10-14-34(40(37,38)20-5-2-1-3-6-20)25(21)31-15-22(24)32-26(35)23-8-7-19(17-36)39-23/h1-3,5-8,10,14-15,18,36H,4,9,11-13,16-17H2/t18-/m0/s1. The number of likely N-dealkylation sites (tertiary alicyclic amines) is 1. The van der Waals surface area contributed by atoms with Gasteiger partial charge in [-0.3, -0.25) is 0 Å². The number of halogens is 3. The van der Waals surface area contributed by atoms with Crippen molar-refractivity contribution in [2.75, 3.05) is 19.6 Å². The number of hydrogen-bond donors (Lipinski definition) is 1. The smallest absolute Gasteiger partial charge is 0.389 e. The molecule has 4 aromatic heterocycles. The Labute approximate surface area is 227 Å². The number of imidazole rings is 1. The van der Waals surface area contributed by atoms with Gasteiger partial charge in [-0.15, -0.1) is 0 Å². The van der Waals surface area contributed by atoms with E-state index in [2.05, 4.69) is 4.98 Å². The summed E-state index contributed by atoms with van der Waals surface area (Å²) in [7, 11) is -3.92. The fourth-order valence-corrected chi connectivity index (χ4v) is 6.71. The molecule has 1 aromatic carbocycles. The molecular weight excluding hydrogens is 547 g/mol. The van der Waals surface area contributed by atoms with Crippen LogP contribution in [0.1, 0.15) is 31.1 Å². The summed E-state index contributed by atoms with van der Waals surface area (Å²) in [4.78, 5) is 11.4. The van der Waals surface area contributed by atoms with Gasteiger partial charge in [0.25, 0.3) is 10.0 Å². The molecule has 1 N–H and O–H groups in total. The summed E-state index contributed by atoms with van der Waals surface area (Å²) in [5.41, 5.74) is 1.42. The average molecular weight is 574 g/mol. The summed E-state index contributed by atoms with van der Waals surface area (Å²) >= 11 is 0. The SMILES string of the molecule is O=S(=O)(c1ccccc1)n1ccc2c1ncc1nc(-c3ccc(CO)o3)n([C@H]3CCN(CCCC(F)(F)F)C3)c12. The zero-order valence-corrected chi connectivity index (χ0v) is 22.1. The molecule has 13 heteroatoms. The molecule has 9 nitrogen and oxygen atoms in total. The third-order valence-electron chi connectivity index (χ3n) is 7.21. The third kappa shape index (κ3) is 4.78. The van der Waals surface area contributed by atoms with Gasteiger partial charge < -0.3 is 19.0 Å². The number of furan rings is 1. The highest BCUT2D eigenvalue weighted by Gasteiger charge is 2.32. The van der Waals surface area contributed by atoms with E-state index in [0.29, 0.717) is 59.8 Å². The summed E-state index contributed by atoms with van der Waals surface area (Å²) in [6.45, 7) is 1.13. The van der Waals surface area contributed by atoms with Crippen molar-refractivity contribution < 1.29 is 31.1 Å². The molecular formula is C27H26F3N5O4S. The molecule has 5 aromatic rings. The van der Waals surface area contributed by atoms with Gasteiger partial charge in [0, 0.05) is 37.1 Å². The molecule has 1 fully saturated rings. The first kappa shape index (κ1) is 26.5. The number of pyridine rings is 1. The monoisotopic (exact) mass is 573 g/mol. The van der Waals surface area contributed by atoms with Gasteiger partial charge in [0.05, 0.1) is 16.6 Å². The van der Waals surface area contributed by atoms with Crippen molar-refractivity contribution in [3.05, 3.63) is 66.7 Å². The van der Waals surface area contributed by atoms with Crippen molar-refractivity contribution >= 4 is 32.1 Å². The van der Waals surface area contributed by atoms with Crippen LogP contribution in [-0.2, 0) is 16.6 Å². The number of fused-ring (bicyclic) bond motifs is 3. The molecule has 0 aliphatic carbocycles. The number of alkyl halides is 3.